The summed E-state index contributed by atoms with van der Waals surface area (Å²) in [7, 11) is 0. The molecule has 2 atom stereocenters. The highest BCUT2D eigenvalue weighted by Gasteiger charge is 2.52. The molecular formula is C15H17FN2O2. The van der Waals surface area contributed by atoms with Crippen molar-refractivity contribution in [1.29, 1.82) is 0 Å². The molecule has 2 amide bonds. The predicted octanol–water partition coefficient (Wildman–Crippen LogP) is 1.82. The van der Waals surface area contributed by atoms with Crippen LogP contribution in [-0.4, -0.2) is 11.8 Å². The summed E-state index contributed by atoms with van der Waals surface area (Å²) in [6.07, 6.45) is 1.43. The Morgan fingerprint density at radius 2 is 1.85 bits per heavy atom. The Bertz CT molecular complexity index is 563. The van der Waals surface area contributed by atoms with Crippen molar-refractivity contribution in [3.63, 3.8) is 0 Å². The monoisotopic (exact) mass is 276 g/mol. The molecule has 0 spiro atoms. The van der Waals surface area contributed by atoms with Crippen molar-refractivity contribution in [3.8, 4) is 0 Å². The third-order valence-corrected chi connectivity index (χ3v) is 4.36. The fourth-order valence-electron chi connectivity index (χ4n) is 3.37. The van der Waals surface area contributed by atoms with E-state index in [2.05, 4.69) is 0 Å². The molecule has 0 radical (unpaired) electrons. The number of amides is 2. The molecule has 1 aliphatic carbocycles. The van der Waals surface area contributed by atoms with Crippen LogP contribution in [0.15, 0.2) is 18.2 Å². The van der Waals surface area contributed by atoms with E-state index in [0.29, 0.717) is 24.3 Å². The number of halogens is 1. The summed E-state index contributed by atoms with van der Waals surface area (Å²) in [6.45, 7) is 2.27. The van der Waals surface area contributed by atoms with Gasteiger partial charge in [0.25, 0.3) is 0 Å². The highest BCUT2D eigenvalue weighted by Crippen LogP contribution is 2.44. The molecule has 5 heteroatoms. The standard InChI is InChI=1S/C15H17FN2O2/c1-8-4-10-11(5-8)15(20)18(14(10)19)13-3-2-9(7-17)6-12(13)16/h2-3,6,8,10-11H,4-5,7,17H2,1H3. The maximum absolute atomic E-state index is 14.1. The van der Waals surface area contributed by atoms with Crippen LogP contribution < -0.4 is 10.6 Å². The van der Waals surface area contributed by atoms with Gasteiger partial charge in [-0.2, -0.15) is 0 Å². The molecule has 20 heavy (non-hydrogen) atoms. The molecule has 1 heterocycles. The molecule has 1 aromatic carbocycles. The predicted molar refractivity (Wildman–Crippen MR) is 72.2 cm³/mol. The second-order valence-electron chi connectivity index (χ2n) is 5.79. The molecule has 3 rings (SSSR count). The lowest BCUT2D eigenvalue weighted by molar-refractivity contribution is -0.123. The zero-order chi connectivity index (χ0) is 14.4. The first-order chi connectivity index (χ1) is 9.52. The normalized spacial score (nSPS) is 29.1. The third kappa shape index (κ3) is 1.85. The summed E-state index contributed by atoms with van der Waals surface area (Å²) in [5, 5.41) is 0. The van der Waals surface area contributed by atoms with Crippen LogP contribution in [0.1, 0.15) is 25.3 Å². The van der Waals surface area contributed by atoms with Crippen molar-refractivity contribution in [3.05, 3.63) is 29.6 Å². The summed E-state index contributed by atoms with van der Waals surface area (Å²) in [5.41, 5.74) is 6.15. The van der Waals surface area contributed by atoms with E-state index in [-0.39, 0.29) is 35.9 Å². The fourth-order valence-corrected chi connectivity index (χ4v) is 3.37. The van der Waals surface area contributed by atoms with Crippen LogP contribution in [0.25, 0.3) is 0 Å². The molecule has 0 bridgehead atoms. The zero-order valence-corrected chi connectivity index (χ0v) is 11.3. The molecule has 106 valence electrons. The van der Waals surface area contributed by atoms with E-state index in [4.69, 9.17) is 5.73 Å². The van der Waals surface area contributed by atoms with Crippen molar-refractivity contribution in [2.24, 2.45) is 23.5 Å². The smallest absolute Gasteiger partial charge is 0.237 e. The number of benzene rings is 1. The largest absolute Gasteiger partial charge is 0.326 e. The first kappa shape index (κ1) is 13.2. The van der Waals surface area contributed by atoms with Crippen LogP contribution >= 0.6 is 0 Å². The number of fused-ring (bicyclic) bond motifs is 1. The minimum absolute atomic E-state index is 0.0549. The highest BCUT2D eigenvalue weighted by molar-refractivity contribution is 6.22. The van der Waals surface area contributed by atoms with Crippen molar-refractivity contribution >= 4 is 17.5 Å². The second kappa shape index (κ2) is 4.66. The van der Waals surface area contributed by atoms with Crippen LogP contribution in [0.5, 0.6) is 0 Å². The van der Waals surface area contributed by atoms with E-state index in [1.165, 1.54) is 12.1 Å². The SMILES string of the molecule is CC1CC2C(=O)N(c3ccc(CN)cc3F)C(=O)C2C1. The summed E-state index contributed by atoms with van der Waals surface area (Å²) >= 11 is 0. The van der Waals surface area contributed by atoms with Gasteiger partial charge in [0, 0.05) is 6.54 Å². The number of imide groups is 1. The molecule has 2 fully saturated rings. The summed E-state index contributed by atoms with van der Waals surface area (Å²) in [5.74, 6) is -1.25. The lowest BCUT2D eigenvalue weighted by atomic mass is 10.00. The molecule has 1 aliphatic heterocycles. The van der Waals surface area contributed by atoms with Crippen LogP contribution in [0.4, 0.5) is 10.1 Å². The number of nitrogens with two attached hydrogens (primary N) is 1. The fraction of sp³-hybridized carbons (Fsp3) is 0.467. The van der Waals surface area contributed by atoms with Crippen molar-refractivity contribution < 1.29 is 14.0 Å². The second-order valence-corrected chi connectivity index (χ2v) is 5.79. The average molecular weight is 276 g/mol. The Kier molecular flexibility index (Phi) is 3.09. The number of carbonyl (C=O) groups excluding carboxylic acids is 2. The van der Waals surface area contributed by atoms with Crippen molar-refractivity contribution in [2.45, 2.75) is 26.3 Å². The molecule has 1 saturated carbocycles. The summed E-state index contributed by atoms with van der Waals surface area (Å²) < 4.78 is 14.1. The van der Waals surface area contributed by atoms with Crippen LogP contribution in [0.3, 0.4) is 0 Å². The number of nitrogens with zero attached hydrogens (tertiary/aromatic N) is 1. The summed E-state index contributed by atoms with van der Waals surface area (Å²) in [4.78, 5) is 25.8. The van der Waals surface area contributed by atoms with Gasteiger partial charge in [-0.05, 0) is 36.5 Å². The molecule has 1 saturated heterocycles. The Morgan fingerprint density at radius 1 is 1.25 bits per heavy atom. The minimum Gasteiger partial charge on any atom is -0.326 e. The van der Waals surface area contributed by atoms with E-state index in [9.17, 15) is 14.0 Å². The maximum atomic E-state index is 14.1. The lowest BCUT2D eigenvalue weighted by Gasteiger charge is -2.18. The number of hydrogen-bond acceptors (Lipinski definition) is 3. The van der Waals surface area contributed by atoms with Gasteiger partial charge < -0.3 is 5.73 Å². The number of carbonyl (C=O) groups is 2. The first-order valence-corrected chi connectivity index (χ1v) is 6.89. The van der Waals surface area contributed by atoms with Crippen LogP contribution in [0.2, 0.25) is 0 Å². The Labute approximate surface area is 116 Å². The molecular weight excluding hydrogens is 259 g/mol. The van der Waals surface area contributed by atoms with E-state index < -0.39 is 5.82 Å². The molecule has 4 nitrogen and oxygen atoms in total. The van der Waals surface area contributed by atoms with E-state index in [0.717, 1.165) is 4.90 Å². The third-order valence-electron chi connectivity index (χ3n) is 4.36. The van der Waals surface area contributed by atoms with E-state index in [1.807, 2.05) is 6.92 Å². The average Bonchev–Trinajstić information content (AvgIpc) is 2.90. The first-order valence-electron chi connectivity index (χ1n) is 6.89. The van der Waals surface area contributed by atoms with Gasteiger partial charge in [-0.25, -0.2) is 9.29 Å². The van der Waals surface area contributed by atoms with Gasteiger partial charge in [-0.15, -0.1) is 0 Å². The Balaban J connectivity index is 1.96. The summed E-state index contributed by atoms with van der Waals surface area (Å²) in [6, 6.07) is 4.40. The lowest BCUT2D eigenvalue weighted by Crippen LogP contribution is -2.32. The van der Waals surface area contributed by atoms with Crippen molar-refractivity contribution in [1.82, 2.24) is 0 Å². The van der Waals surface area contributed by atoms with Gasteiger partial charge in [0.15, 0.2) is 0 Å². The molecule has 2 unspecified atom stereocenters. The maximum Gasteiger partial charge on any atom is 0.237 e. The number of rotatable bonds is 2. The van der Waals surface area contributed by atoms with E-state index >= 15 is 0 Å². The van der Waals surface area contributed by atoms with Gasteiger partial charge in [0.2, 0.25) is 11.8 Å². The molecule has 1 aromatic rings. The van der Waals surface area contributed by atoms with Gasteiger partial charge in [-0.3, -0.25) is 9.59 Å². The number of anilines is 1. The minimum atomic E-state index is -0.567. The zero-order valence-electron chi connectivity index (χ0n) is 11.3. The van der Waals surface area contributed by atoms with E-state index in [1.54, 1.807) is 6.07 Å². The van der Waals surface area contributed by atoms with Gasteiger partial charge in [-0.1, -0.05) is 13.0 Å². The Hall–Kier alpha value is -1.75. The number of hydrogen-bond donors (Lipinski definition) is 1. The van der Waals surface area contributed by atoms with Crippen LogP contribution in [0, 0.1) is 23.6 Å². The Morgan fingerprint density at radius 3 is 2.35 bits per heavy atom. The van der Waals surface area contributed by atoms with Gasteiger partial charge in [0.05, 0.1) is 17.5 Å². The van der Waals surface area contributed by atoms with Crippen LogP contribution in [-0.2, 0) is 16.1 Å². The topological polar surface area (TPSA) is 63.4 Å². The highest BCUT2D eigenvalue weighted by atomic mass is 19.1. The van der Waals surface area contributed by atoms with Gasteiger partial charge >= 0.3 is 0 Å². The van der Waals surface area contributed by atoms with Gasteiger partial charge in [0.1, 0.15) is 5.82 Å². The molecule has 2 aliphatic rings. The quantitative estimate of drug-likeness (QED) is 0.838. The molecule has 2 N–H and O–H groups in total. The molecule has 0 aromatic heterocycles. The van der Waals surface area contributed by atoms with Crippen molar-refractivity contribution in [2.75, 3.05) is 4.90 Å².